The molecule has 1 amide bonds. The van der Waals surface area contributed by atoms with Crippen molar-refractivity contribution in [3.8, 4) is 0 Å². The van der Waals surface area contributed by atoms with E-state index in [0.717, 1.165) is 44.7 Å². The van der Waals surface area contributed by atoms with Crippen molar-refractivity contribution < 1.29 is 4.79 Å². The highest BCUT2D eigenvalue weighted by Gasteiger charge is 2.17. The molecule has 1 saturated heterocycles. The molecule has 0 aromatic carbocycles. The summed E-state index contributed by atoms with van der Waals surface area (Å²) in [6, 6.07) is 2.08. The number of carbonyl (C=O) groups excluding carboxylic acids is 1. The molecule has 1 aromatic rings. The topological polar surface area (TPSA) is 59.0 Å². The fraction of sp³-hybridized carbons (Fsp3) is 0.714. The van der Waals surface area contributed by atoms with Gasteiger partial charge in [-0.2, -0.15) is 5.10 Å². The molecule has 0 aliphatic carbocycles. The third-order valence-electron chi connectivity index (χ3n) is 3.61. The minimum atomic E-state index is 0.182. The van der Waals surface area contributed by atoms with Gasteiger partial charge in [-0.25, -0.2) is 0 Å². The molecule has 0 spiro atoms. The number of rotatable bonds is 6. The SMILES string of the molecule is Cc1cc(C)n(CCCNC(=O)CC2CCNC2)n1. The Bertz CT molecular complexity index is 421. The van der Waals surface area contributed by atoms with Gasteiger partial charge >= 0.3 is 0 Å². The first-order valence-corrected chi connectivity index (χ1v) is 7.13. The number of aromatic nitrogens is 2. The van der Waals surface area contributed by atoms with Crippen LogP contribution < -0.4 is 10.6 Å². The first-order valence-electron chi connectivity index (χ1n) is 7.13. The predicted octanol–water partition coefficient (Wildman–Crippen LogP) is 1.01. The summed E-state index contributed by atoms with van der Waals surface area (Å²) >= 11 is 0. The number of hydrogen-bond acceptors (Lipinski definition) is 3. The quantitative estimate of drug-likeness (QED) is 0.754. The molecule has 19 heavy (non-hydrogen) atoms. The lowest BCUT2D eigenvalue weighted by Gasteiger charge is -2.09. The fourth-order valence-corrected chi connectivity index (χ4v) is 2.58. The first kappa shape index (κ1) is 14.1. The van der Waals surface area contributed by atoms with Gasteiger partial charge in [0.05, 0.1) is 5.69 Å². The second kappa shape index (κ2) is 6.70. The van der Waals surface area contributed by atoms with Crippen molar-refractivity contribution >= 4 is 5.91 Å². The summed E-state index contributed by atoms with van der Waals surface area (Å²) in [7, 11) is 0. The molecular weight excluding hydrogens is 240 g/mol. The molecular formula is C14H24N4O. The zero-order valence-electron chi connectivity index (χ0n) is 11.9. The van der Waals surface area contributed by atoms with E-state index in [0.29, 0.717) is 12.3 Å². The van der Waals surface area contributed by atoms with Gasteiger partial charge in [0, 0.05) is 25.2 Å². The van der Waals surface area contributed by atoms with Crippen molar-refractivity contribution in [3.05, 3.63) is 17.5 Å². The minimum absolute atomic E-state index is 0.182. The molecule has 1 atom stereocenters. The lowest BCUT2D eigenvalue weighted by molar-refractivity contribution is -0.121. The summed E-state index contributed by atoms with van der Waals surface area (Å²) in [6.45, 7) is 7.70. The Balaban J connectivity index is 1.61. The van der Waals surface area contributed by atoms with Crippen LogP contribution in [-0.2, 0) is 11.3 Å². The summed E-state index contributed by atoms with van der Waals surface area (Å²) < 4.78 is 2.00. The van der Waals surface area contributed by atoms with Crippen molar-refractivity contribution in [1.82, 2.24) is 20.4 Å². The van der Waals surface area contributed by atoms with Crippen LogP contribution in [0.15, 0.2) is 6.07 Å². The fourth-order valence-electron chi connectivity index (χ4n) is 2.58. The van der Waals surface area contributed by atoms with Crippen LogP contribution in [-0.4, -0.2) is 35.3 Å². The zero-order chi connectivity index (χ0) is 13.7. The summed E-state index contributed by atoms with van der Waals surface area (Å²) in [4.78, 5) is 11.7. The van der Waals surface area contributed by atoms with Crippen molar-refractivity contribution in [2.45, 2.75) is 39.7 Å². The Morgan fingerprint density at radius 3 is 3.05 bits per heavy atom. The van der Waals surface area contributed by atoms with Gasteiger partial charge in [-0.15, -0.1) is 0 Å². The summed E-state index contributed by atoms with van der Waals surface area (Å²) in [5.74, 6) is 0.707. The highest BCUT2D eigenvalue weighted by atomic mass is 16.1. The molecule has 1 aromatic heterocycles. The second-order valence-corrected chi connectivity index (χ2v) is 5.42. The Morgan fingerprint density at radius 1 is 1.58 bits per heavy atom. The molecule has 1 fully saturated rings. The highest BCUT2D eigenvalue weighted by molar-refractivity contribution is 5.76. The van der Waals surface area contributed by atoms with Gasteiger partial charge in [-0.1, -0.05) is 0 Å². The number of carbonyl (C=O) groups is 1. The molecule has 2 rings (SSSR count). The number of nitrogens with one attached hydrogen (secondary N) is 2. The van der Waals surface area contributed by atoms with E-state index >= 15 is 0 Å². The largest absolute Gasteiger partial charge is 0.356 e. The van der Waals surface area contributed by atoms with Gasteiger partial charge < -0.3 is 10.6 Å². The highest BCUT2D eigenvalue weighted by Crippen LogP contribution is 2.11. The molecule has 2 heterocycles. The van der Waals surface area contributed by atoms with Gasteiger partial charge in [0.1, 0.15) is 0 Å². The summed E-state index contributed by atoms with van der Waals surface area (Å²) in [5, 5.41) is 10.7. The van der Waals surface area contributed by atoms with E-state index in [-0.39, 0.29) is 5.91 Å². The Labute approximate surface area is 114 Å². The van der Waals surface area contributed by atoms with Crippen LogP contribution in [0.4, 0.5) is 0 Å². The van der Waals surface area contributed by atoms with Crippen LogP contribution in [0.25, 0.3) is 0 Å². The number of hydrogen-bond donors (Lipinski definition) is 2. The smallest absolute Gasteiger partial charge is 0.220 e. The lowest BCUT2D eigenvalue weighted by Crippen LogP contribution is -2.27. The first-order chi connectivity index (χ1) is 9.15. The summed E-state index contributed by atoms with van der Waals surface area (Å²) in [6.07, 6.45) is 2.71. The van der Waals surface area contributed by atoms with E-state index in [1.165, 1.54) is 5.69 Å². The van der Waals surface area contributed by atoms with Crippen LogP contribution in [0.2, 0.25) is 0 Å². The molecule has 0 saturated carbocycles. The normalized spacial score (nSPS) is 18.7. The van der Waals surface area contributed by atoms with Crippen molar-refractivity contribution in [3.63, 3.8) is 0 Å². The van der Waals surface area contributed by atoms with E-state index in [4.69, 9.17) is 0 Å². The maximum atomic E-state index is 11.7. The van der Waals surface area contributed by atoms with E-state index in [1.807, 2.05) is 11.6 Å². The third-order valence-corrected chi connectivity index (χ3v) is 3.61. The van der Waals surface area contributed by atoms with E-state index in [9.17, 15) is 4.79 Å². The average Bonchev–Trinajstić information content (AvgIpc) is 2.95. The average molecular weight is 264 g/mol. The molecule has 2 N–H and O–H groups in total. The van der Waals surface area contributed by atoms with Crippen molar-refractivity contribution in [1.29, 1.82) is 0 Å². The van der Waals surface area contributed by atoms with Crippen LogP contribution in [0.3, 0.4) is 0 Å². The molecule has 5 nitrogen and oxygen atoms in total. The van der Waals surface area contributed by atoms with Gasteiger partial charge in [0.25, 0.3) is 0 Å². The standard InChI is InChI=1S/C14H24N4O/c1-11-8-12(2)18(17-11)7-3-5-16-14(19)9-13-4-6-15-10-13/h8,13,15H,3-7,9-10H2,1-2H3,(H,16,19). The van der Waals surface area contributed by atoms with Crippen LogP contribution >= 0.6 is 0 Å². The van der Waals surface area contributed by atoms with E-state index in [1.54, 1.807) is 0 Å². The van der Waals surface area contributed by atoms with Crippen molar-refractivity contribution in [2.24, 2.45) is 5.92 Å². The minimum Gasteiger partial charge on any atom is -0.356 e. The molecule has 1 aliphatic heterocycles. The van der Waals surface area contributed by atoms with Gasteiger partial charge in [-0.05, 0) is 51.8 Å². The maximum absolute atomic E-state index is 11.7. The van der Waals surface area contributed by atoms with Crippen LogP contribution in [0.1, 0.15) is 30.7 Å². The van der Waals surface area contributed by atoms with Gasteiger partial charge in [0.2, 0.25) is 5.91 Å². The summed E-state index contributed by atoms with van der Waals surface area (Å²) in [5.41, 5.74) is 2.23. The van der Waals surface area contributed by atoms with Crippen LogP contribution in [0, 0.1) is 19.8 Å². The Kier molecular flexibility index (Phi) is 4.96. The van der Waals surface area contributed by atoms with Crippen LogP contribution in [0.5, 0.6) is 0 Å². The predicted molar refractivity (Wildman–Crippen MR) is 74.9 cm³/mol. The van der Waals surface area contributed by atoms with Crippen molar-refractivity contribution in [2.75, 3.05) is 19.6 Å². The lowest BCUT2D eigenvalue weighted by atomic mass is 10.0. The molecule has 106 valence electrons. The van der Waals surface area contributed by atoms with E-state index < -0.39 is 0 Å². The molecule has 1 unspecified atom stereocenters. The monoisotopic (exact) mass is 264 g/mol. The van der Waals surface area contributed by atoms with Gasteiger partial charge in [0.15, 0.2) is 0 Å². The van der Waals surface area contributed by atoms with E-state index in [2.05, 4.69) is 28.7 Å². The molecule has 5 heteroatoms. The number of amides is 1. The van der Waals surface area contributed by atoms with Gasteiger partial charge in [-0.3, -0.25) is 9.48 Å². The number of aryl methyl sites for hydroxylation is 3. The maximum Gasteiger partial charge on any atom is 0.220 e. The molecule has 1 aliphatic rings. The molecule has 0 bridgehead atoms. The second-order valence-electron chi connectivity index (χ2n) is 5.42. The zero-order valence-corrected chi connectivity index (χ0v) is 11.9. The third kappa shape index (κ3) is 4.35. The number of nitrogens with zero attached hydrogens (tertiary/aromatic N) is 2. The Morgan fingerprint density at radius 2 is 2.42 bits per heavy atom. The molecule has 0 radical (unpaired) electrons. The Hall–Kier alpha value is -1.36.